The summed E-state index contributed by atoms with van der Waals surface area (Å²) < 4.78 is 13.6. The van der Waals surface area contributed by atoms with Gasteiger partial charge < -0.3 is 5.32 Å². The van der Waals surface area contributed by atoms with Crippen molar-refractivity contribution in [3.8, 4) is 0 Å². The zero-order valence-electron chi connectivity index (χ0n) is 12.7. The van der Waals surface area contributed by atoms with Crippen LogP contribution in [-0.2, 0) is 6.42 Å². The number of halogens is 2. The van der Waals surface area contributed by atoms with Crippen LogP contribution in [0.3, 0.4) is 0 Å². The molecule has 21 heavy (non-hydrogen) atoms. The minimum Gasteiger partial charge on any atom is -0.313 e. The molecule has 1 aromatic rings. The van der Waals surface area contributed by atoms with E-state index in [1.54, 1.807) is 6.07 Å². The molecule has 1 aliphatic heterocycles. The van der Waals surface area contributed by atoms with Gasteiger partial charge in [-0.1, -0.05) is 44.5 Å². The Balaban J connectivity index is 2.10. The molecule has 0 aromatic heterocycles. The largest absolute Gasteiger partial charge is 0.313 e. The Morgan fingerprint density at radius 3 is 2.81 bits per heavy atom. The number of likely N-dealkylation sites (N-methyl/N-ethyl adjacent to an activating group) is 1. The number of benzene rings is 1. The van der Waals surface area contributed by atoms with Gasteiger partial charge >= 0.3 is 0 Å². The van der Waals surface area contributed by atoms with E-state index in [0.29, 0.717) is 21.8 Å². The highest BCUT2D eigenvalue weighted by Crippen LogP contribution is 2.38. The molecule has 1 aromatic carbocycles. The summed E-state index contributed by atoms with van der Waals surface area (Å²) in [7, 11) is 0. The van der Waals surface area contributed by atoms with Crippen molar-refractivity contribution in [2.75, 3.05) is 12.3 Å². The Hall–Kier alpha value is 0.1000. The Morgan fingerprint density at radius 2 is 2.14 bits per heavy atom. The topological polar surface area (TPSA) is 12.0 Å². The van der Waals surface area contributed by atoms with Crippen LogP contribution in [0.25, 0.3) is 0 Å². The molecular formula is C16H23ClFNS2. The number of thioether (sulfide) groups is 2. The van der Waals surface area contributed by atoms with Crippen LogP contribution in [0.4, 0.5) is 4.39 Å². The highest BCUT2D eigenvalue weighted by Gasteiger charge is 2.31. The molecule has 1 nitrogen and oxygen atoms in total. The van der Waals surface area contributed by atoms with E-state index in [4.69, 9.17) is 11.6 Å². The van der Waals surface area contributed by atoms with E-state index in [9.17, 15) is 4.39 Å². The zero-order valence-corrected chi connectivity index (χ0v) is 15.1. The minimum atomic E-state index is -0.322. The fourth-order valence-corrected chi connectivity index (χ4v) is 5.89. The molecule has 4 unspecified atom stereocenters. The van der Waals surface area contributed by atoms with Crippen molar-refractivity contribution < 1.29 is 4.39 Å². The third-order valence-electron chi connectivity index (χ3n) is 3.96. The summed E-state index contributed by atoms with van der Waals surface area (Å²) >= 11 is 10.2. The van der Waals surface area contributed by atoms with Gasteiger partial charge in [-0.15, -0.1) is 0 Å². The molecule has 4 atom stereocenters. The van der Waals surface area contributed by atoms with Gasteiger partial charge in [-0.3, -0.25) is 0 Å². The van der Waals surface area contributed by atoms with Gasteiger partial charge in [0.2, 0.25) is 0 Å². The lowest BCUT2D eigenvalue weighted by Gasteiger charge is -2.36. The first-order valence-electron chi connectivity index (χ1n) is 7.46. The van der Waals surface area contributed by atoms with Gasteiger partial charge in [0.05, 0.1) is 5.02 Å². The Morgan fingerprint density at radius 1 is 1.38 bits per heavy atom. The van der Waals surface area contributed by atoms with Crippen molar-refractivity contribution in [3.05, 3.63) is 34.6 Å². The number of hydrogen-bond acceptors (Lipinski definition) is 3. The molecule has 1 saturated heterocycles. The monoisotopic (exact) mass is 347 g/mol. The van der Waals surface area contributed by atoms with Crippen molar-refractivity contribution in [2.24, 2.45) is 0 Å². The SMILES string of the molecule is CCNC(Cc1cccc(F)c1Cl)C1CSC(C)C(C)S1. The smallest absolute Gasteiger partial charge is 0.142 e. The maximum absolute atomic E-state index is 13.6. The van der Waals surface area contributed by atoms with Gasteiger partial charge in [0.25, 0.3) is 0 Å². The second-order valence-corrected chi connectivity index (χ2v) is 8.91. The molecule has 1 heterocycles. The summed E-state index contributed by atoms with van der Waals surface area (Å²) in [6.07, 6.45) is 0.782. The van der Waals surface area contributed by atoms with Crippen LogP contribution < -0.4 is 5.32 Å². The van der Waals surface area contributed by atoms with Gasteiger partial charge in [0, 0.05) is 27.5 Å². The molecule has 0 radical (unpaired) electrons. The molecule has 0 bridgehead atoms. The van der Waals surface area contributed by atoms with Crippen molar-refractivity contribution in [1.29, 1.82) is 0 Å². The van der Waals surface area contributed by atoms with Crippen LogP contribution in [0.2, 0.25) is 5.02 Å². The third-order valence-corrected chi connectivity index (χ3v) is 7.93. The lowest BCUT2D eigenvalue weighted by molar-refractivity contribution is 0.518. The van der Waals surface area contributed by atoms with Crippen LogP contribution in [0.15, 0.2) is 18.2 Å². The highest BCUT2D eigenvalue weighted by molar-refractivity contribution is 8.07. The Kier molecular flexibility index (Phi) is 6.73. The molecule has 1 N–H and O–H groups in total. The van der Waals surface area contributed by atoms with E-state index >= 15 is 0 Å². The number of hydrogen-bond donors (Lipinski definition) is 1. The number of rotatable bonds is 5. The van der Waals surface area contributed by atoms with Gasteiger partial charge in [-0.25, -0.2) is 4.39 Å². The molecule has 0 aliphatic carbocycles. The van der Waals surface area contributed by atoms with E-state index in [-0.39, 0.29) is 10.8 Å². The standard InChI is InChI=1S/C16H23ClFNS2/c1-4-19-14(15-9-20-10(2)11(3)21-15)8-12-6-5-7-13(18)16(12)17/h5-7,10-11,14-15,19H,4,8-9H2,1-3H3. The maximum Gasteiger partial charge on any atom is 0.142 e. The molecular weight excluding hydrogens is 325 g/mol. The molecule has 0 amide bonds. The van der Waals surface area contributed by atoms with E-state index in [1.165, 1.54) is 6.07 Å². The summed E-state index contributed by atoms with van der Waals surface area (Å²) in [6, 6.07) is 5.43. The summed E-state index contributed by atoms with van der Waals surface area (Å²) in [5, 5.41) is 5.73. The summed E-state index contributed by atoms with van der Waals surface area (Å²) in [5.41, 5.74) is 0.902. The average molecular weight is 348 g/mol. The first-order valence-corrected chi connectivity index (χ1v) is 9.83. The lowest BCUT2D eigenvalue weighted by atomic mass is 10.0. The van der Waals surface area contributed by atoms with Crippen LogP contribution in [-0.4, -0.2) is 34.1 Å². The molecule has 118 valence electrons. The minimum absolute atomic E-state index is 0.273. The summed E-state index contributed by atoms with van der Waals surface area (Å²) in [6.45, 7) is 7.63. The molecule has 0 saturated carbocycles. The van der Waals surface area contributed by atoms with Crippen LogP contribution >= 0.6 is 35.1 Å². The quantitative estimate of drug-likeness (QED) is 0.834. The zero-order chi connectivity index (χ0) is 15.4. The van der Waals surface area contributed by atoms with Crippen molar-refractivity contribution in [3.63, 3.8) is 0 Å². The van der Waals surface area contributed by atoms with Crippen LogP contribution in [0, 0.1) is 5.82 Å². The van der Waals surface area contributed by atoms with Crippen LogP contribution in [0.5, 0.6) is 0 Å². The third kappa shape index (κ3) is 4.54. The normalized spacial score (nSPS) is 27.6. The van der Waals surface area contributed by atoms with Gasteiger partial charge in [0.1, 0.15) is 5.82 Å². The fourth-order valence-electron chi connectivity index (χ4n) is 2.56. The molecule has 1 fully saturated rings. The van der Waals surface area contributed by atoms with Crippen LogP contribution in [0.1, 0.15) is 26.3 Å². The van der Waals surface area contributed by atoms with E-state index in [1.807, 2.05) is 17.8 Å². The lowest BCUT2D eigenvalue weighted by Crippen LogP contribution is -2.44. The second kappa shape index (κ2) is 8.09. The van der Waals surface area contributed by atoms with Crippen molar-refractivity contribution >= 4 is 35.1 Å². The Bertz CT molecular complexity index is 472. The van der Waals surface area contributed by atoms with E-state index in [0.717, 1.165) is 24.3 Å². The van der Waals surface area contributed by atoms with Crippen molar-refractivity contribution in [2.45, 2.75) is 49.0 Å². The predicted octanol–water partition coefficient (Wildman–Crippen LogP) is 4.63. The predicted molar refractivity (Wildman–Crippen MR) is 95.3 cm³/mol. The molecule has 0 spiro atoms. The second-order valence-electron chi connectivity index (χ2n) is 5.50. The highest BCUT2D eigenvalue weighted by atomic mass is 35.5. The Labute approximate surface area is 140 Å². The van der Waals surface area contributed by atoms with E-state index < -0.39 is 0 Å². The number of nitrogens with one attached hydrogen (secondary N) is 1. The first-order chi connectivity index (χ1) is 10.0. The molecule has 5 heteroatoms. The first kappa shape index (κ1) is 17.5. The van der Waals surface area contributed by atoms with Gasteiger partial charge in [0.15, 0.2) is 0 Å². The van der Waals surface area contributed by atoms with Gasteiger partial charge in [-0.2, -0.15) is 23.5 Å². The summed E-state index contributed by atoms with van der Waals surface area (Å²) in [4.78, 5) is 0. The maximum atomic E-state index is 13.6. The van der Waals surface area contributed by atoms with Crippen molar-refractivity contribution in [1.82, 2.24) is 5.32 Å². The average Bonchev–Trinajstić information content (AvgIpc) is 2.46. The summed E-state index contributed by atoms with van der Waals surface area (Å²) in [5.74, 6) is 0.818. The van der Waals surface area contributed by atoms with Gasteiger partial charge in [-0.05, 0) is 24.6 Å². The fraction of sp³-hybridized carbons (Fsp3) is 0.625. The molecule has 1 aliphatic rings. The molecule has 2 rings (SSSR count). The van der Waals surface area contributed by atoms with E-state index in [2.05, 4.69) is 37.8 Å².